The van der Waals surface area contributed by atoms with Crippen molar-refractivity contribution < 1.29 is 14.7 Å². The maximum absolute atomic E-state index is 11.2. The van der Waals surface area contributed by atoms with Gasteiger partial charge in [-0.15, -0.1) is 0 Å². The summed E-state index contributed by atoms with van der Waals surface area (Å²) in [6.45, 7) is 10.5. The Morgan fingerprint density at radius 2 is 1.52 bits per heavy atom. The molecule has 2 aliphatic heterocycles. The van der Waals surface area contributed by atoms with Crippen molar-refractivity contribution in [2.24, 2.45) is 58.7 Å². The zero-order valence-corrected chi connectivity index (χ0v) is 20.5. The van der Waals surface area contributed by atoms with Gasteiger partial charge in [0.2, 0.25) is 0 Å². The molecular formula is C28H48NO2+. The third kappa shape index (κ3) is 3.01. The Morgan fingerprint density at radius 3 is 2.32 bits per heavy atom. The van der Waals surface area contributed by atoms with E-state index in [9.17, 15) is 10.2 Å². The number of aliphatic hydroxyl groups excluding tert-OH is 2. The minimum absolute atomic E-state index is 0.181. The summed E-state index contributed by atoms with van der Waals surface area (Å²) in [7, 11) is 2.61. The molecule has 2 saturated heterocycles. The molecule has 2 N–H and O–H groups in total. The van der Waals surface area contributed by atoms with Crippen molar-refractivity contribution in [1.29, 1.82) is 0 Å². The summed E-state index contributed by atoms with van der Waals surface area (Å²) in [5.74, 6) is 7.28. The van der Waals surface area contributed by atoms with Gasteiger partial charge >= 0.3 is 0 Å². The van der Waals surface area contributed by atoms with Crippen LogP contribution in [0.25, 0.3) is 0 Å². The minimum atomic E-state index is -0.181. The zero-order chi connectivity index (χ0) is 21.7. The highest BCUT2D eigenvalue weighted by Crippen LogP contribution is 2.67. The van der Waals surface area contributed by atoms with Crippen LogP contribution in [-0.2, 0) is 0 Å². The molecule has 3 nitrogen and oxygen atoms in total. The van der Waals surface area contributed by atoms with Crippen LogP contribution < -0.4 is 0 Å². The van der Waals surface area contributed by atoms with E-state index in [-0.39, 0.29) is 17.6 Å². The molecule has 6 rings (SSSR count). The Kier molecular flexibility index (Phi) is 4.97. The number of fused-ring (bicyclic) bond motifs is 8. The lowest BCUT2D eigenvalue weighted by Crippen LogP contribution is -2.67. The molecule has 0 spiro atoms. The first-order valence-corrected chi connectivity index (χ1v) is 13.9. The monoisotopic (exact) mass is 430 g/mol. The van der Waals surface area contributed by atoms with Gasteiger partial charge < -0.3 is 14.7 Å². The molecule has 0 aromatic carbocycles. The third-order valence-electron chi connectivity index (χ3n) is 12.7. The second-order valence-corrected chi connectivity index (χ2v) is 14.0. The zero-order valence-electron chi connectivity index (χ0n) is 20.5. The molecule has 31 heavy (non-hydrogen) atoms. The fraction of sp³-hybridized carbons (Fsp3) is 1.00. The van der Waals surface area contributed by atoms with Crippen molar-refractivity contribution >= 4 is 0 Å². The molecule has 176 valence electrons. The fourth-order valence-electron chi connectivity index (χ4n) is 11.5. The van der Waals surface area contributed by atoms with E-state index in [4.69, 9.17) is 0 Å². The van der Waals surface area contributed by atoms with E-state index in [1.165, 1.54) is 49.7 Å². The predicted molar refractivity (Wildman–Crippen MR) is 124 cm³/mol. The molecular weight excluding hydrogens is 382 g/mol. The first kappa shape index (κ1) is 21.4. The van der Waals surface area contributed by atoms with Crippen LogP contribution in [0.2, 0.25) is 0 Å². The smallest absolute Gasteiger partial charge is 0.0917 e. The van der Waals surface area contributed by atoms with E-state index in [1.807, 2.05) is 0 Å². The van der Waals surface area contributed by atoms with Gasteiger partial charge in [-0.05, 0) is 92.3 Å². The minimum Gasteiger partial charge on any atom is -0.393 e. The highest BCUT2D eigenvalue weighted by molar-refractivity contribution is 5.11. The Hall–Kier alpha value is -0.120. The standard InChI is InChI=1S/C28H48NO2/c1-16-5-8-26-17(2)19-6-7-20-21(23(19)15-29(26,4)14-16)12-24-22(20)13-27(31)25-11-18(30)9-10-28(24,25)3/h16-27,30-31H,5-15H2,1-4H3/q+1/t16-,17+,18-,19+,20+,21+,22+,23+,24-,25+,26-,27-,28+,29?/m0/s1. The third-order valence-corrected chi connectivity index (χ3v) is 12.7. The van der Waals surface area contributed by atoms with E-state index in [0.717, 1.165) is 79.1 Å². The molecule has 3 heteroatoms. The number of hydrogen-bond acceptors (Lipinski definition) is 2. The summed E-state index contributed by atoms with van der Waals surface area (Å²) in [5, 5.41) is 21.6. The van der Waals surface area contributed by atoms with Crippen LogP contribution in [0, 0.1) is 58.7 Å². The van der Waals surface area contributed by atoms with Crippen molar-refractivity contribution in [3.8, 4) is 0 Å². The molecule has 0 amide bonds. The molecule has 4 aliphatic carbocycles. The Labute approximate surface area is 190 Å². The molecule has 14 atom stereocenters. The summed E-state index contributed by atoms with van der Waals surface area (Å²) in [5.41, 5.74) is 0.259. The number of nitrogens with zero attached hydrogens (tertiary/aromatic N) is 1. The van der Waals surface area contributed by atoms with E-state index < -0.39 is 0 Å². The summed E-state index contributed by atoms with van der Waals surface area (Å²) >= 11 is 0. The Morgan fingerprint density at radius 1 is 0.742 bits per heavy atom. The average molecular weight is 431 g/mol. The number of rotatable bonds is 0. The van der Waals surface area contributed by atoms with Gasteiger partial charge in [-0.1, -0.05) is 20.8 Å². The molecule has 0 aromatic rings. The molecule has 0 aromatic heterocycles. The lowest BCUT2D eigenvalue weighted by molar-refractivity contribution is -0.955. The van der Waals surface area contributed by atoms with Crippen molar-refractivity contribution in [2.45, 2.75) is 96.8 Å². The van der Waals surface area contributed by atoms with Crippen LogP contribution >= 0.6 is 0 Å². The maximum atomic E-state index is 11.2. The van der Waals surface area contributed by atoms with Gasteiger partial charge in [0, 0.05) is 24.2 Å². The summed E-state index contributed by atoms with van der Waals surface area (Å²) in [6, 6.07) is 0.904. The van der Waals surface area contributed by atoms with E-state index in [0.29, 0.717) is 5.92 Å². The Balaban J connectivity index is 1.30. The first-order valence-electron chi connectivity index (χ1n) is 13.9. The van der Waals surface area contributed by atoms with E-state index >= 15 is 0 Å². The van der Waals surface area contributed by atoms with Crippen molar-refractivity contribution in [2.75, 3.05) is 20.1 Å². The van der Waals surface area contributed by atoms with Crippen molar-refractivity contribution in [1.82, 2.24) is 0 Å². The van der Waals surface area contributed by atoms with Gasteiger partial charge in [0.25, 0.3) is 0 Å². The molecule has 6 aliphatic rings. The summed E-state index contributed by atoms with van der Waals surface area (Å²) < 4.78 is 1.36. The second-order valence-electron chi connectivity index (χ2n) is 14.0. The van der Waals surface area contributed by atoms with Crippen LogP contribution in [-0.4, -0.2) is 53.1 Å². The molecule has 6 fully saturated rings. The molecule has 0 bridgehead atoms. The van der Waals surface area contributed by atoms with Gasteiger partial charge in [-0.25, -0.2) is 0 Å². The normalized spacial score (nSPS) is 63.3. The number of piperidine rings is 2. The van der Waals surface area contributed by atoms with Crippen LogP contribution in [0.5, 0.6) is 0 Å². The van der Waals surface area contributed by atoms with Crippen molar-refractivity contribution in [3.63, 3.8) is 0 Å². The fourth-order valence-corrected chi connectivity index (χ4v) is 11.5. The van der Waals surface area contributed by atoms with Crippen LogP contribution in [0.4, 0.5) is 0 Å². The maximum Gasteiger partial charge on any atom is 0.0917 e. The second kappa shape index (κ2) is 7.19. The molecule has 4 saturated carbocycles. The van der Waals surface area contributed by atoms with Crippen LogP contribution in [0.3, 0.4) is 0 Å². The molecule has 2 heterocycles. The number of aliphatic hydroxyl groups is 2. The highest BCUT2D eigenvalue weighted by atomic mass is 16.3. The average Bonchev–Trinajstić information content (AvgIpc) is 3.09. The topological polar surface area (TPSA) is 40.5 Å². The van der Waals surface area contributed by atoms with E-state index in [1.54, 1.807) is 0 Å². The quantitative estimate of drug-likeness (QED) is 0.547. The summed E-state index contributed by atoms with van der Waals surface area (Å²) in [4.78, 5) is 0. The Bertz CT molecular complexity index is 711. The number of quaternary nitrogens is 1. The van der Waals surface area contributed by atoms with Gasteiger partial charge in [0.05, 0.1) is 38.4 Å². The lowest BCUT2D eigenvalue weighted by atomic mass is 9.51. The molecule has 0 radical (unpaired) electrons. The lowest BCUT2D eigenvalue weighted by Gasteiger charge is -2.60. The van der Waals surface area contributed by atoms with E-state index in [2.05, 4.69) is 27.8 Å². The van der Waals surface area contributed by atoms with Crippen LogP contribution in [0.1, 0.15) is 78.6 Å². The van der Waals surface area contributed by atoms with Gasteiger partial charge in [0.15, 0.2) is 0 Å². The number of hydrogen-bond donors (Lipinski definition) is 2. The predicted octanol–water partition coefficient (Wildman–Crippen LogP) is 4.71. The van der Waals surface area contributed by atoms with Crippen molar-refractivity contribution in [3.05, 3.63) is 0 Å². The summed E-state index contributed by atoms with van der Waals surface area (Å²) in [6.07, 6.45) is 10.8. The van der Waals surface area contributed by atoms with Crippen LogP contribution in [0.15, 0.2) is 0 Å². The SMILES string of the molecule is C[C@H]1CC[C@H]2[C@H](C)[C@H]3CC[C@@H]4[C@@H](C[C@H]5[C@@H]4C[C@H](O)[C@H]4C[C@@H](O)CC[C@@]45C)[C@@H]3C[N+]2(C)C1. The largest absolute Gasteiger partial charge is 0.393 e. The first-order chi connectivity index (χ1) is 14.7. The van der Waals surface area contributed by atoms with Gasteiger partial charge in [-0.2, -0.15) is 0 Å². The van der Waals surface area contributed by atoms with Gasteiger partial charge in [0.1, 0.15) is 0 Å². The van der Waals surface area contributed by atoms with Gasteiger partial charge in [-0.3, -0.25) is 0 Å². The molecule has 1 unspecified atom stereocenters. The highest BCUT2D eigenvalue weighted by Gasteiger charge is 2.64.